The third-order valence-electron chi connectivity index (χ3n) is 6.34. The van der Waals surface area contributed by atoms with Crippen LogP contribution in [0.3, 0.4) is 0 Å². The van der Waals surface area contributed by atoms with Crippen LogP contribution in [0.1, 0.15) is 40.1 Å². The van der Waals surface area contributed by atoms with E-state index in [0.717, 1.165) is 16.9 Å². The third kappa shape index (κ3) is 3.70. The number of benzene rings is 1. The highest BCUT2D eigenvalue weighted by Gasteiger charge is 2.44. The maximum Gasteiger partial charge on any atom is 0.259 e. The number of pyridine rings is 1. The number of piperazine rings is 1. The highest BCUT2D eigenvalue weighted by atomic mass is 35.5. The van der Waals surface area contributed by atoms with Gasteiger partial charge in [0.15, 0.2) is 0 Å². The van der Waals surface area contributed by atoms with Crippen LogP contribution in [0.5, 0.6) is 0 Å². The van der Waals surface area contributed by atoms with Crippen LogP contribution < -0.4 is 9.80 Å². The Kier molecular flexibility index (Phi) is 5.25. The molecule has 168 valence electrons. The minimum absolute atomic E-state index is 0.0638. The molecular weight excluding hydrogens is 440 g/mol. The zero-order valence-corrected chi connectivity index (χ0v) is 19.2. The first-order valence-electron chi connectivity index (χ1n) is 10.7. The quantitative estimate of drug-likeness (QED) is 0.593. The van der Waals surface area contributed by atoms with Gasteiger partial charge in [-0.05, 0) is 43.7 Å². The van der Waals surface area contributed by atoms with E-state index in [9.17, 15) is 9.59 Å². The second-order valence-corrected chi connectivity index (χ2v) is 9.13. The zero-order chi connectivity index (χ0) is 23.2. The van der Waals surface area contributed by atoms with Gasteiger partial charge in [0.25, 0.3) is 11.8 Å². The van der Waals surface area contributed by atoms with Gasteiger partial charge in [0.05, 0.1) is 34.9 Å². The van der Waals surface area contributed by atoms with Crippen LogP contribution in [0.4, 0.5) is 11.4 Å². The van der Waals surface area contributed by atoms with Crippen LogP contribution >= 0.6 is 11.6 Å². The molecule has 4 heterocycles. The number of carbonyl (C=O) groups excluding carboxylic acids is 2. The van der Waals surface area contributed by atoms with Crippen molar-refractivity contribution < 1.29 is 9.59 Å². The Morgan fingerprint density at radius 3 is 2.36 bits per heavy atom. The first kappa shape index (κ1) is 21.3. The van der Waals surface area contributed by atoms with Crippen LogP contribution in [0.25, 0.3) is 0 Å². The normalized spacial score (nSPS) is 17.3. The monoisotopic (exact) mass is 462 g/mol. The Balaban J connectivity index is 1.35. The Bertz CT molecular complexity index is 1220. The van der Waals surface area contributed by atoms with Gasteiger partial charge in [0.1, 0.15) is 6.33 Å². The van der Waals surface area contributed by atoms with Gasteiger partial charge in [0.2, 0.25) is 0 Å². The SMILES string of the molecule is CC1(C)c2cc(Cl)ccc2C(=O)N1c1cncc(N2CCN(C(=O)c3cncnc3)CC2)c1. The van der Waals surface area contributed by atoms with Crippen molar-refractivity contribution in [2.24, 2.45) is 0 Å². The van der Waals surface area contributed by atoms with Crippen molar-refractivity contribution in [1.29, 1.82) is 0 Å². The molecule has 2 aliphatic rings. The predicted octanol–water partition coefficient (Wildman–Crippen LogP) is 3.38. The molecule has 1 fully saturated rings. The lowest BCUT2D eigenvalue weighted by atomic mass is 9.93. The van der Waals surface area contributed by atoms with Gasteiger partial charge in [-0.15, -0.1) is 0 Å². The van der Waals surface area contributed by atoms with Gasteiger partial charge < -0.3 is 9.80 Å². The second kappa shape index (κ2) is 8.12. The van der Waals surface area contributed by atoms with Crippen molar-refractivity contribution in [2.75, 3.05) is 36.0 Å². The Morgan fingerprint density at radius 1 is 0.939 bits per heavy atom. The summed E-state index contributed by atoms with van der Waals surface area (Å²) in [4.78, 5) is 44.0. The number of fused-ring (bicyclic) bond motifs is 1. The average Bonchev–Trinajstić information content (AvgIpc) is 3.03. The van der Waals surface area contributed by atoms with Crippen molar-refractivity contribution in [3.05, 3.63) is 77.1 Å². The van der Waals surface area contributed by atoms with Gasteiger partial charge in [-0.2, -0.15) is 0 Å². The summed E-state index contributed by atoms with van der Waals surface area (Å²) in [6.07, 6.45) is 7.99. The minimum atomic E-state index is -0.555. The maximum atomic E-state index is 13.3. The minimum Gasteiger partial charge on any atom is -0.367 e. The topological polar surface area (TPSA) is 82.5 Å². The van der Waals surface area contributed by atoms with E-state index in [1.807, 2.05) is 26.0 Å². The van der Waals surface area contributed by atoms with Gasteiger partial charge in [-0.3, -0.25) is 19.5 Å². The van der Waals surface area contributed by atoms with Gasteiger partial charge >= 0.3 is 0 Å². The van der Waals surface area contributed by atoms with E-state index < -0.39 is 5.54 Å². The number of hydrogen-bond donors (Lipinski definition) is 0. The summed E-state index contributed by atoms with van der Waals surface area (Å²) >= 11 is 6.21. The van der Waals surface area contributed by atoms with Crippen molar-refractivity contribution >= 4 is 34.8 Å². The van der Waals surface area contributed by atoms with Crippen LogP contribution in [0.15, 0.2) is 55.4 Å². The fraction of sp³-hybridized carbons (Fsp3) is 0.292. The smallest absolute Gasteiger partial charge is 0.259 e. The number of nitrogens with zero attached hydrogens (tertiary/aromatic N) is 6. The average molecular weight is 463 g/mol. The molecule has 0 radical (unpaired) electrons. The zero-order valence-electron chi connectivity index (χ0n) is 18.4. The number of carbonyl (C=O) groups is 2. The molecular formula is C24H23ClN6O2. The first-order valence-corrected chi connectivity index (χ1v) is 11.1. The number of hydrogen-bond acceptors (Lipinski definition) is 6. The molecule has 0 bridgehead atoms. The molecule has 9 heteroatoms. The van der Waals surface area contributed by atoms with Crippen LogP contribution in [0, 0.1) is 0 Å². The molecule has 0 N–H and O–H groups in total. The number of aromatic nitrogens is 3. The molecule has 5 rings (SSSR count). The van der Waals surface area contributed by atoms with Crippen molar-refractivity contribution in [2.45, 2.75) is 19.4 Å². The van der Waals surface area contributed by atoms with Gasteiger partial charge in [-0.25, -0.2) is 9.97 Å². The molecule has 8 nitrogen and oxygen atoms in total. The summed E-state index contributed by atoms with van der Waals surface area (Å²) in [7, 11) is 0. The van der Waals surface area contributed by atoms with Gasteiger partial charge in [0, 0.05) is 49.2 Å². The van der Waals surface area contributed by atoms with E-state index in [1.54, 1.807) is 34.3 Å². The van der Waals surface area contributed by atoms with Crippen LogP contribution in [-0.2, 0) is 5.54 Å². The summed E-state index contributed by atoms with van der Waals surface area (Å²) in [5.41, 5.74) is 3.15. The van der Waals surface area contributed by atoms with Crippen molar-refractivity contribution in [1.82, 2.24) is 19.9 Å². The lowest BCUT2D eigenvalue weighted by Gasteiger charge is -2.37. The third-order valence-corrected chi connectivity index (χ3v) is 6.58. The molecule has 0 unspecified atom stereocenters. The summed E-state index contributed by atoms with van der Waals surface area (Å²) in [5, 5.41) is 0.609. The molecule has 2 aliphatic heterocycles. The van der Waals surface area contributed by atoms with Gasteiger partial charge in [-0.1, -0.05) is 11.6 Å². The molecule has 0 aliphatic carbocycles. The molecule has 0 spiro atoms. The molecule has 1 saturated heterocycles. The predicted molar refractivity (Wildman–Crippen MR) is 126 cm³/mol. The van der Waals surface area contributed by atoms with E-state index in [2.05, 4.69) is 19.9 Å². The van der Waals surface area contributed by atoms with Crippen molar-refractivity contribution in [3.63, 3.8) is 0 Å². The molecule has 1 aromatic carbocycles. The molecule has 2 amide bonds. The standard InChI is InChI=1S/C24H23ClN6O2/c1-24(2)21-9-17(25)3-4-20(21)23(33)31(24)19-10-18(13-26-14-19)29-5-7-30(8-6-29)22(32)16-11-27-15-28-12-16/h3-4,9-15H,5-8H2,1-2H3. The Hall–Kier alpha value is -3.52. The maximum absolute atomic E-state index is 13.3. The molecule has 2 aromatic heterocycles. The number of rotatable bonds is 3. The number of amides is 2. The summed E-state index contributed by atoms with van der Waals surface area (Å²) < 4.78 is 0. The molecule has 0 atom stereocenters. The summed E-state index contributed by atoms with van der Waals surface area (Å²) in [6, 6.07) is 7.38. The second-order valence-electron chi connectivity index (χ2n) is 8.70. The molecule has 33 heavy (non-hydrogen) atoms. The van der Waals surface area contributed by atoms with Crippen LogP contribution in [-0.4, -0.2) is 57.8 Å². The van der Waals surface area contributed by atoms with Crippen molar-refractivity contribution in [3.8, 4) is 0 Å². The Labute approximate surface area is 196 Å². The largest absolute Gasteiger partial charge is 0.367 e. The lowest BCUT2D eigenvalue weighted by molar-refractivity contribution is 0.0745. The molecule has 0 saturated carbocycles. The lowest BCUT2D eigenvalue weighted by Crippen LogP contribution is -2.49. The Morgan fingerprint density at radius 2 is 1.64 bits per heavy atom. The van der Waals surface area contributed by atoms with E-state index in [1.165, 1.54) is 18.7 Å². The summed E-state index contributed by atoms with van der Waals surface area (Å²) in [6.45, 7) is 6.51. The van der Waals surface area contributed by atoms with E-state index in [-0.39, 0.29) is 11.8 Å². The van der Waals surface area contributed by atoms with E-state index >= 15 is 0 Å². The highest BCUT2D eigenvalue weighted by molar-refractivity contribution is 6.31. The number of anilines is 2. The highest BCUT2D eigenvalue weighted by Crippen LogP contribution is 2.43. The molecule has 3 aromatic rings. The fourth-order valence-electron chi connectivity index (χ4n) is 4.62. The first-order chi connectivity index (χ1) is 15.9. The van der Waals surface area contributed by atoms with E-state index in [0.29, 0.717) is 42.3 Å². The fourth-order valence-corrected chi connectivity index (χ4v) is 4.79. The van der Waals surface area contributed by atoms with Crippen LogP contribution in [0.2, 0.25) is 5.02 Å². The van der Waals surface area contributed by atoms with E-state index in [4.69, 9.17) is 11.6 Å². The number of halogens is 1. The summed E-state index contributed by atoms with van der Waals surface area (Å²) in [5.74, 6) is -0.130.